The van der Waals surface area contributed by atoms with Gasteiger partial charge in [0.2, 0.25) is 10.0 Å². The third-order valence-corrected chi connectivity index (χ3v) is 6.84. The molecule has 0 aliphatic rings. The molecule has 0 aromatic rings. The smallest absolute Gasteiger partial charge is 0.212 e. The van der Waals surface area contributed by atoms with Gasteiger partial charge in [0.05, 0.1) is 15.7 Å². The van der Waals surface area contributed by atoms with E-state index in [-0.39, 0.29) is 12.2 Å². The molecule has 0 bridgehead atoms. The van der Waals surface area contributed by atoms with Gasteiger partial charge in [0.15, 0.2) is 9.84 Å². The second-order valence-corrected chi connectivity index (χ2v) is 10.0. The van der Waals surface area contributed by atoms with Gasteiger partial charge in [0.25, 0.3) is 0 Å². The summed E-state index contributed by atoms with van der Waals surface area (Å²) in [6.45, 7) is 8.29. The summed E-state index contributed by atoms with van der Waals surface area (Å²) >= 11 is 0. The molecule has 0 aliphatic carbocycles. The highest BCUT2D eigenvalue weighted by Crippen LogP contribution is 2.20. The van der Waals surface area contributed by atoms with Gasteiger partial charge >= 0.3 is 0 Å². The number of sulfone groups is 1. The van der Waals surface area contributed by atoms with Gasteiger partial charge in [-0.1, -0.05) is 6.08 Å². The zero-order chi connectivity index (χ0) is 14.6. The molecule has 0 aromatic carbocycles. The molecule has 1 atom stereocenters. The molecule has 0 saturated carbocycles. The van der Waals surface area contributed by atoms with Crippen LogP contribution in [-0.4, -0.2) is 32.6 Å². The third-order valence-electron chi connectivity index (χ3n) is 2.80. The van der Waals surface area contributed by atoms with Crippen molar-refractivity contribution in [2.75, 3.05) is 5.75 Å². The summed E-state index contributed by atoms with van der Waals surface area (Å²) < 4.78 is 45.6. The molecule has 0 heterocycles. The van der Waals surface area contributed by atoms with Crippen LogP contribution in [0.25, 0.3) is 0 Å². The molecule has 0 amide bonds. The predicted molar refractivity (Wildman–Crippen MR) is 74.5 cm³/mol. The summed E-state index contributed by atoms with van der Waals surface area (Å²) in [5, 5.41) is 4.28. The first kappa shape index (κ1) is 17.6. The SMILES string of the molecule is C=CCC[C@H](CCS(=O)(=O)C(C)(C)C)S(N)(=O)=O. The van der Waals surface area contributed by atoms with Crippen molar-refractivity contribution >= 4 is 19.9 Å². The lowest BCUT2D eigenvalue weighted by molar-refractivity contribution is 0.548. The van der Waals surface area contributed by atoms with Gasteiger partial charge in [-0.05, 0) is 40.0 Å². The number of rotatable bonds is 7. The van der Waals surface area contributed by atoms with Gasteiger partial charge in [0.1, 0.15) is 0 Å². The Morgan fingerprint density at radius 3 is 2.00 bits per heavy atom. The minimum atomic E-state index is -3.72. The first-order valence-corrected chi connectivity index (χ1v) is 9.03. The zero-order valence-corrected chi connectivity index (χ0v) is 12.9. The molecule has 0 rings (SSSR count). The summed E-state index contributed by atoms with van der Waals surface area (Å²) in [4.78, 5) is 0. The van der Waals surface area contributed by atoms with Gasteiger partial charge < -0.3 is 0 Å². The number of sulfonamides is 1. The Balaban J connectivity index is 4.79. The molecule has 0 spiro atoms. The van der Waals surface area contributed by atoms with Crippen LogP contribution in [0.15, 0.2) is 12.7 Å². The molecular formula is C11H23NO4S2. The maximum Gasteiger partial charge on any atom is 0.212 e. The number of nitrogens with two attached hydrogens (primary N) is 1. The summed E-state index contributed by atoms with van der Waals surface area (Å²) in [5.74, 6) is -0.172. The average Bonchev–Trinajstić information content (AvgIpc) is 2.13. The van der Waals surface area contributed by atoms with Crippen molar-refractivity contribution in [3.63, 3.8) is 0 Å². The Morgan fingerprint density at radius 1 is 1.17 bits per heavy atom. The lowest BCUT2D eigenvalue weighted by Crippen LogP contribution is -2.35. The molecule has 18 heavy (non-hydrogen) atoms. The molecule has 108 valence electrons. The quantitative estimate of drug-likeness (QED) is 0.715. The van der Waals surface area contributed by atoms with Crippen molar-refractivity contribution in [3.8, 4) is 0 Å². The van der Waals surface area contributed by atoms with Crippen molar-refractivity contribution in [3.05, 3.63) is 12.7 Å². The molecule has 0 saturated heterocycles. The summed E-state index contributed by atoms with van der Waals surface area (Å²) in [5.41, 5.74) is 0. The highest BCUT2D eigenvalue weighted by atomic mass is 32.2. The van der Waals surface area contributed by atoms with Crippen LogP contribution in [0.4, 0.5) is 0 Å². The van der Waals surface area contributed by atoms with Crippen LogP contribution in [0.1, 0.15) is 40.0 Å². The summed E-state index contributed by atoms with van der Waals surface area (Å²) in [7, 11) is -7.04. The number of primary sulfonamides is 1. The minimum absolute atomic E-state index is 0.0340. The molecule has 0 aliphatic heterocycles. The fourth-order valence-corrected chi connectivity index (χ4v) is 3.64. The molecule has 0 aromatic heterocycles. The zero-order valence-electron chi connectivity index (χ0n) is 11.2. The van der Waals surface area contributed by atoms with Crippen LogP contribution >= 0.6 is 0 Å². The van der Waals surface area contributed by atoms with Crippen LogP contribution in [-0.2, 0) is 19.9 Å². The maximum atomic E-state index is 11.9. The molecule has 0 fully saturated rings. The second-order valence-electron chi connectivity index (χ2n) is 5.30. The highest BCUT2D eigenvalue weighted by Gasteiger charge is 2.31. The minimum Gasteiger partial charge on any atom is -0.228 e. The van der Waals surface area contributed by atoms with Crippen LogP contribution in [0.5, 0.6) is 0 Å². The number of hydrogen-bond donors (Lipinski definition) is 1. The first-order valence-electron chi connectivity index (χ1n) is 5.76. The van der Waals surface area contributed by atoms with Crippen LogP contribution in [0.2, 0.25) is 0 Å². The Bertz CT molecular complexity index is 472. The van der Waals surface area contributed by atoms with Crippen molar-refractivity contribution in [1.29, 1.82) is 0 Å². The lowest BCUT2D eigenvalue weighted by atomic mass is 10.2. The van der Waals surface area contributed by atoms with E-state index >= 15 is 0 Å². The molecular weight excluding hydrogens is 274 g/mol. The van der Waals surface area contributed by atoms with E-state index in [9.17, 15) is 16.8 Å². The van der Waals surface area contributed by atoms with Crippen molar-refractivity contribution < 1.29 is 16.8 Å². The van der Waals surface area contributed by atoms with Gasteiger partial charge in [-0.2, -0.15) is 0 Å². The summed E-state index contributed by atoms with van der Waals surface area (Å²) in [6, 6.07) is 0. The third kappa shape index (κ3) is 5.49. The van der Waals surface area contributed by atoms with E-state index in [1.807, 2.05) is 0 Å². The average molecular weight is 297 g/mol. The molecule has 0 unspecified atom stereocenters. The largest absolute Gasteiger partial charge is 0.228 e. The number of hydrogen-bond acceptors (Lipinski definition) is 4. The fourth-order valence-electron chi connectivity index (χ4n) is 1.37. The van der Waals surface area contributed by atoms with Crippen molar-refractivity contribution in [2.45, 2.75) is 50.0 Å². The molecule has 0 radical (unpaired) electrons. The van der Waals surface area contributed by atoms with E-state index in [0.717, 1.165) is 0 Å². The monoisotopic (exact) mass is 297 g/mol. The fraction of sp³-hybridized carbons (Fsp3) is 0.818. The predicted octanol–water partition coefficient (Wildman–Crippen LogP) is 1.21. The van der Waals surface area contributed by atoms with Crippen LogP contribution in [0, 0.1) is 0 Å². The highest BCUT2D eigenvalue weighted by molar-refractivity contribution is 7.93. The molecule has 7 heteroatoms. The van der Waals surface area contributed by atoms with E-state index in [2.05, 4.69) is 6.58 Å². The Hall–Kier alpha value is -0.400. The topological polar surface area (TPSA) is 94.3 Å². The van der Waals surface area contributed by atoms with Crippen LogP contribution < -0.4 is 5.14 Å². The van der Waals surface area contributed by atoms with Crippen molar-refractivity contribution in [2.24, 2.45) is 5.14 Å². The van der Waals surface area contributed by atoms with Gasteiger partial charge in [-0.25, -0.2) is 22.0 Å². The van der Waals surface area contributed by atoms with E-state index < -0.39 is 29.9 Å². The number of allylic oxidation sites excluding steroid dienone is 1. The normalized spacial score (nSPS) is 15.3. The van der Waals surface area contributed by atoms with Gasteiger partial charge in [0, 0.05) is 0 Å². The summed E-state index contributed by atoms with van der Waals surface area (Å²) in [6.07, 6.45) is 2.43. The molecule has 2 N–H and O–H groups in total. The van der Waals surface area contributed by atoms with Gasteiger partial charge in [-0.3, -0.25) is 0 Å². The lowest BCUT2D eigenvalue weighted by Gasteiger charge is -2.21. The Labute approximate surface area is 110 Å². The molecule has 5 nitrogen and oxygen atoms in total. The van der Waals surface area contributed by atoms with E-state index in [0.29, 0.717) is 12.8 Å². The van der Waals surface area contributed by atoms with Crippen LogP contribution in [0.3, 0.4) is 0 Å². The van der Waals surface area contributed by atoms with E-state index in [1.54, 1.807) is 26.8 Å². The maximum absolute atomic E-state index is 11.9. The standard InChI is InChI=1S/C11H23NO4S2/c1-5-6-7-10(18(12,15)16)8-9-17(13,14)11(2,3)4/h5,10H,1,6-9H2,2-4H3,(H2,12,15,16)/t10-/m1/s1. The first-order chi connectivity index (χ1) is 7.92. The van der Waals surface area contributed by atoms with E-state index in [4.69, 9.17) is 5.14 Å². The Morgan fingerprint density at radius 2 is 1.67 bits per heavy atom. The second kappa shape index (κ2) is 6.16. The van der Waals surface area contributed by atoms with Crippen molar-refractivity contribution in [1.82, 2.24) is 0 Å². The van der Waals surface area contributed by atoms with E-state index in [1.165, 1.54) is 0 Å². The Kier molecular flexibility index (Phi) is 6.03. The van der Waals surface area contributed by atoms with Gasteiger partial charge in [-0.15, -0.1) is 6.58 Å².